The summed E-state index contributed by atoms with van der Waals surface area (Å²) in [4.78, 5) is 13.2. The van der Waals surface area contributed by atoms with Gasteiger partial charge in [0.2, 0.25) is 0 Å². The van der Waals surface area contributed by atoms with Gasteiger partial charge in [-0.2, -0.15) is 31.6 Å². The van der Waals surface area contributed by atoms with Crippen LogP contribution in [0.1, 0.15) is 41.1 Å². The fourth-order valence-electron chi connectivity index (χ4n) is 4.13. The fourth-order valence-corrected chi connectivity index (χ4v) is 4.13. The first-order valence-corrected chi connectivity index (χ1v) is 12.8. The first-order valence-electron chi connectivity index (χ1n) is 12.8. The van der Waals surface area contributed by atoms with Crippen molar-refractivity contribution >= 4 is 23.0 Å². The molecule has 1 fully saturated rings. The third-order valence-corrected chi connectivity index (χ3v) is 6.44. The van der Waals surface area contributed by atoms with Crippen LogP contribution >= 0.6 is 0 Å². The van der Waals surface area contributed by atoms with Gasteiger partial charge in [-0.05, 0) is 85.0 Å². The Morgan fingerprint density at radius 2 is 1.55 bits per heavy atom. The molecule has 6 nitrogen and oxygen atoms in total. The minimum absolute atomic E-state index is 0.146. The second-order valence-electron chi connectivity index (χ2n) is 9.77. The van der Waals surface area contributed by atoms with Gasteiger partial charge in [-0.1, -0.05) is 30.3 Å². The molecule has 4 N–H and O–H groups in total. The molecule has 1 aliphatic carbocycles. The van der Waals surface area contributed by atoms with Crippen LogP contribution in [-0.2, 0) is 11.0 Å². The lowest BCUT2D eigenvalue weighted by molar-refractivity contribution is -0.137. The number of hydrogen-bond acceptors (Lipinski definition) is 5. The van der Waals surface area contributed by atoms with Gasteiger partial charge in [-0.15, -0.1) is 0 Å². The average molecular weight is 586 g/mol. The topological polar surface area (TPSA) is 101 Å². The smallest absolute Gasteiger partial charge is 0.351 e. The highest BCUT2D eigenvalue weighted by atomic mass is 19.4. The molecule has 3 aromatic rings. The van der Waals surface area contributed by atoms with Gasteiger partial charge in [0, 0.05) is 11.4 Å². The Bertz CT molecular complexity index is 1540. The molecular weight excluding hydrogens is 560 g/mol. The third-order valence-electron chi connectivity index (χ3n) is 6.44. The Morgan fingerprint density at radius 1 is 0.929 bits per heavy atom. The van der Waals surface area contributed by atoms with Crippen LogP contribution in [0.4, 0.5) is 37.7 Å². The van der Waals surface area contributed by atoms with E-state index in [0.717, 1.165) is 25.0 Å². The van der Waals surface area contributed by atoms with Gasteiger partial charge in [0.25, 0.3) is 5.91 Å². The van der Waals surface area contributed by atoms with E-state index >= 15 is 0 Å². The molecule has 0 aliphatic heterocycles. The van der Waals surface area contributed by atoms with E-state index < -0.39 is 41.3 Å². The Kier molecular flexibility index (Phi) is 9.02. The molecule has 1 atom stereocenters. The first-order chi connectivity index (χ1) is 19.8. The summed E-state index contributed by atoms with van der Waals surface area (Å²) >= 11 is 0. The number of anilines is 2. The zero-order chi connectivity index (χ0) is 30.5. The monoisotopic (exact) mass is 585 g/mol. The average Bonchev–Trinajstić information content (AvgIpc) is 3.77. The fraction of sp³-hybridized carbons (Fsp3) is 0.233. The number of benzene rings is 3. The second-order valence-corrected chi connectivity index (χ2v) is 9.77. The van der Waals surface area contributed by atoms with Crippen LogP contribution in [0.5, 0.6) is 0 Å². The summed E-state index contributed by atoms with van der Waals surface area (Å²) in [5, 5.41) is 24.8. The number of hydrogen-bond donors (Lipinski definition) is 4. The molecule has 1 aliphatic rings. The largest absolute Gasteiger partial charge is 0.432 e. The van der Waals surface area contributed by atoms with Gasteiger partial charge >= 0.3 is 12.4 Å². The molecule has 0 bridgehead atoms. The Balaban J connectivity index is 1.63. The predicted molar refractivity (Wildman–Crippen MR) is 146 cm³/mol. The molecule has 12 heteroatoms. The standard InChI is InChI=1S/C30H25F6N5O/c31-29(32,33)22-7-2-5-20(13-22)27(39-17-18-10-11-18)21-6-3-9-24(14-21)41-28(42)25(15-26(38)30(34,35)36)40-23-8-1-4-19(12-23)16-37/h1-9,12-15,18,27,38-40H,10-11,17H2,(H,41,42)/b25-15-,38-26?. The highest BCUT2D eigenvalue weighted by molar-refractivity contribution is 6.11. The SMILES string of the molecule is N#Cc1cccc(N/C(=C\C(=N)C(F)(F)F)C(=O)Nc2cccc(C(NCC3CC3)c3cccc(C(F)(F)F)c3)c2)c1. The van der Waals surface area contributed by atoms with Crippen molar-refractivity contribution in [3.63, 3.8) is 0 Å². The normalized spacial score (nSPS) is 14.5. The van der Waals surface area contributed by atoms with E-state index in [9.17, 15) is 31.1 Å². The predicted octanol–water partition coefficient (Wildman–Crippen LogP) is 7.18. The highest BCUT2D eigenvalue weighted by Crippen LogP contribution is 2.34. The van der Waals surface area contributed by atoms with Crippen LogP contribution in [0, 0.1) is 22.7 Å². The van der Waals surface area contributed by atoms with Crippen molar-refractivity contribution in [2.24, 2.45) is 5.92 Å². The molecule has 1 saturated carbocycles. The summed E-state index contributed by atoms with van der Waals surface area (Å²) < 4.78 is 79.7. The van der Waals surface area contributed by atoms with Gasteiger partial charge in [0.1, 0.15) is 11.4 Å². The maximum absolute atomic E-state index is 13.4. The first kappa shape index (κ1) is 30.3. The van der Waals surface area contributed by atoms with Crippen molar-refractivity contribution in [1.82, 2.24) is 5.32 Å². The van der Waals surface area contributed by atoms with Crippen LogP contribution in [0.2, 0.25) is 0 Å². The number of amides is 1. The number of allylic oxidation sites excluding steroid dienone is 1. The van der Waals surface area contributed by atoms with Crippen molar-refractivity contribution in [2.75, 3.05) is 17.2 Å². The number of halogens is 6. The molecule has 0 saturated heterocycles. The van der Waals surface area contributed by atoms with Crippen molar-refractivity contribution in [1.29, 1.82) is 10.7 Å². The molecule has 3 aromatic carbocycles. The zero-order valence-corrected chi connectivity index (χ0v) is 21.9. The highest BCUT2D eigenvalue weighted by Gasteiger charge is 2.34. The molecule has 0 heterocycles. The van der Waals surface area contributed by atoms with Crippen molar-refractivity contribution in [3.05, 3.63) is 107 Å². The number of carbonyl (C=O) groups is 1. The molecule has 1 amide bonds. The molecule has 218 valence electrons. The van der Waals surface area contributed by atoms with E-state index in [4.69, 9.17) is 10.7 Å². The molecule has 0 spiro atoms. The second kappa shape index (κ2) is 12.5. The minimum Gasteiger partial charge on any atom is -0.351 e. The lowest BCUT2D eigenvalue weighted by Gasteiger charge is -2.22. The quantitative estimate of drug-likeness (QED) is 0.115. The molecule has 42 heavy (non-hydrogen) atoms. The van der Waals surface area contributed by atoms with Gasteiger partial charge in [0.05, 0.1) is 23.2 Å². The number of nitriles is 1. The Morgan fingerprint density at radius 3 is 2.17 bits per heavy atom. The van der Waals surface area contributed by atoms with Crippen LogP contribution in [-0.4, -0.2) is 24.3 Å². The van der Waals surface area contributed by atoms with Crippen LogP contribution in [0.25, 0.3) is 0 Å². The van der Waals surface area contributed by atoms with E-state index in [2.05, 4.69) is 16.0 Å². The maximum atomic E-state index is 13.4. The number of nitrogens with one attached hydrogen (secondary N) is 4. The van der Waals surface area contributed by atoms with E-state index in [0.29, 0.717) is 29.7 Å². The van der Waals surface area contributed by atoms with Gasteiger partial charge in [-0.25, -0.2) is 0 Å². The van der Waals surface area contributed by atoms with Crippen molar-refractivity contribution in [2.45, 2.75) is 31.2 Å². The van der Waals surface area contributed by atoms with E-state index in [-0.39, 0.29) is 16.9 Å². The van der Waals surface area contributed by atoms with Crippen molar-refractivity contribution in [3.8, 4) is 6.07 Å². The molecule has 0 aromatic heterocycles. The third kappa shape index (κ3) is 8.20. The van der Waals surface area contributed by atoms with Gasteiger partial charge < -0.3 is 16.0 Å². The van der Waals surface area contributed by atoms with Crippen LogP contribution in [0.3, 0.4) is 0 Å². The number of alkyl halides is 6. The van der Waals surface area contributed by atoms with Crippen molar-refractivity contribution < 1.29 is 31.1 Å². The van der Waals surface area contributed by atoms with Gasteiger partial charge in [0.15, 0.2) is 0 Å². The number of carbonyl (C=O) groups excluding carboxylic acids is 1. The zero-order valence-electron chi connectivity index (χ0n) is 21.9. The van der Waals surface area contributed by atoms with Crippen LogP contribution < -0.4 is 16.0 Å². The lowest BCUT2D eigenvalue weighted by Crippen LogP contribution is -2.26. The summed E-state index contributed by atoms with van der Waals surface area (Å²) in [6, 6.07) is 18.1. The van der Waals surface area contributed by atoms with E-state index in [1.807, 2.05) is 6.07 Å². The molecule has 1 unspecified atom stereocenters. The summed E-state index contributed by atoms with van der Waals surface area (Å²) in [5.74, 6) is -0.603. The summed E-state index contributed by atoms with van der Waals surface area (Å²) in [6.45, 7) is 0.565. The van der Waals surface area contributed by atoms with Crippen LogP contribution in [0.15, 0.2) is 84.6 Å². The summed E-state index contributed by atoms with van der Waals surface area (Å²) in [5.41, 5.74) is -1.82. The summed E-state index contributed by atoms with van der Waals surface area (Å²) in [6.07, 6.45) is -7.22. The minimum atomic E-state index is -5.02. The number of rotatable bonds is 10. The molecular formula is C30H25F6N5O. The Labute approximate surface area is 237 Å². The number of nitrogens with zero attached hydrogens (tertiary/aromatic N) is 1. The molecule has 0 radical (unpaired) electrons. The lowest BCUT2D eigenvalue weighted by atomic mass is 9.96. The van der Waals surface area contributed by atoms with Gasteiger partial charge in [-0.3, -0.25) is 10.2 Å². The van der Waals surface area contributed by atoms with E-state index in [1.54, 1.807) is 18.2 Å². The Hall–Kier alpha value is -4.63. The maximum Gasteiger partial charge on any atom is 0.432 e. The molecule has 4 rings (SSSR count). The van der Waals surface area contributed by atoms with E-state index in [1.165, 1.54) is 42.5 Å². The summed E-state index contributed by atoms with van der Waals surface area (Å²) in [7, 11) is 0.